The Morgan fingerprint density at radius 3 is 2.96 bits per heavy atom. The molecule has 0 spiro atoms. The van der Waals surface area contributed by atoms with E-state index in [0.29, 0.717) is 18.0 Å². The molecule has 1 fully saturated rings. The molecule has 2 aliphatic heterocycles. The van der Waals surface area contributed by atoms with Crippen molar-refractivity contribution < 1.29 is 14.3 Å². The molecule has 1 amide bonds. The standard InChI is InChI=1S/C18H21N3O3/c1-12-9-14(20-19-12)13-5-4-8-21(10-13)18(22)17-11-23-15-6-2-3-7-16(15)24-17/h2-3,6-7,9,13,17H,4-5,8,10-11H2,1H3,(H,19,20)/t13-,17+/m0/s1. The Bertz CT molecular complexity index is 743. The molecule has 0 radical (unpaired) electrons. The zero-order valence-corrected chi connectivity index (χ0v) is 13.7. The van der Waals surface area contributed by atoms with Crippen LogP contribution in [0.5, 0.6) is 11.5 Å². The van der Waals surface area contributed by atoms with Crippen LogP contribution in [0.2, 0.25) is 0 Å². The first-order chi connectivity index (χ1) is 11.7. The summed E-state index contributed by atoms with van der Waals surface area (Å²) in [7, 11) is 0. The zero-order valence-electron chi connectivity index (χ0n) is 13.7. The van der Waals surface area contributed by atoms with Gasteiger partial charge in [-0.15, -0.1) is 0 Å². The van der Waals surface area contributed by atoms with Crippen molar-refractivity contribution in [1.29, 1.82) is 0 Å². The van der Waals surface area contributed by atoms with Crippen molar-refractivity contribution in [2.24, 2.45) is 0 Å². The summed E-state index contributed by atoms with van der Waals surface area (Å²) in [4.78, 5) is 14.7. The van der Waals surface area contributed by atoms with E-state index in [4.69, 9.17) is 9.47 Å². The van der Waals surface area contributed by atoms with Gasteiger partial charge in [0.05, 0.1) is 5.69 Å². The van der Waals surface area contributed by atoms with Crippen LogP contribution in [0.15, 0.2) is 30.3 Å². The van der Waals surface area contributed by atoms with Gasteiger partial charge in [-0.2, -0.15) is 5.10 Å². The number of fused-ring (bicyclic) bond motifs is 1. The van der Waals surface area contributed by atoms with Crippen molar-refractivity contribution in [3.05, 3.63) is 41.7 Å². The second-order valence-corrected chi connectivity index (χ2v) is 6.46. The van der Waals surface area contributed by atoms with Crippen LogP contribution in [0.1, 0.15) is 30.1 Å². The molecule has 4 rings (SSSR count). The van der Waals surface area contributed by atoms with Crippen LogP contribution in [0, 0.1) is 6.92 Å². The number of amides is 1. The fraction of sp³-hybridized carbons (Fsp3) is 0.444. The van der Waals surface area contributed by atoms with E-state index in [1.54, 1.807) is 0 Å². The molecule has 1 N–H and O–H groups in total. The number of likely N-dealkylation sites (tertiary alicyclic amines) is 1. The molecule has 2 atom stereocenters. The lowest BCUT2D eigenvalue weighted by Crippen LogP contribution is -2.49. The molecule has 24 heavy (non-hydrogen) atoms. The second kappa shape index (κ2) is 6.19. The molecular weight excluding hydrogens is 306 g/mol. The Hall–Kier alpha value is -2.50. The fourth-order valence-electron chi connectivity index (χ4n) is 3.41. The minimum absolute atomic E-state index is 0.00135. The van der Waals surface area contributed by atoms with E-state index in [-0.39, 0.29) is 18.4 Å². The number of nitrogens with one attached hydrogen (secondary N) is 1. The third-order valence-electron chi connectivity index (χ3n) is 4.66. The topological polar surface area (TPSA) is 67.5 Å². The van der Waals surface area contributed by atoms with Gasteiger partial charge in [0.15, 0.2) is 11.5 Å². The molecule has 6 heteroatoms. The van der Waals surface area contributed by atoms with Crippen molar-refractivity contribution in [3.63, 3.8) is 0 Å². The van der Waals surface area contributed by atoms with Gasteiger partial charge in [-0.05, 0) is 38.0 Å². The van der Waals surface area contributed by atoms with Gasteiger partial charge in [0.1, 0.15) is 6.61 Å². The molecule has 6 nitrogen and oxygen atoms in total. The first-order valence-electron chi connectivity index (χ1n) is 8.40. The predicted molar refractivity (Wildman–Crippen MR) is 88.2 cm³/mol. The van der Waals surface area contributed by atoms with Gasteiger partial charge in [0, 0.05) is 24.7 Å². The molecule has 0 aliphatic carbocycles. The number of H-pyrrole nitrogens is 1. The number of benzene rings is 1. The van der Waals surface area contributed by atoms with Crippen LogP contribution in [0.3, 0.4) is 0 Å². The van der Waals surface area contributed by atoms with Gasteiger partial charge < -0.3 is 14.4 Å². The summed E-state index contributed by atoms with van der Waals surface area (Å²) in [5, 5.41) is 7.34. The summed E-state index contributed by atoms with van der Waals surface area (Å²) in [6.07, 6.45) is 1.46. The van der Waals surface area contributed by atoms with Gasteiger partial charge in [0.25, 0.3) is 5.91 Å². The van der Waals surface area contributed by atoms with Gasteiger partial charge in [0.2, 0.25) is 6.10 Å². The molecule has 1 aromatic carbocycles. The van der Waals surface area contributed by atoms with E-state index in [1.807, 2.05) is 36.1 Å². The summed E-state index contributed by atoms with van der Waals surface area (Å²) in [5.74, 6) is 1.62. The molecular formula is C18H21N3O3. The lowest BCUT2D eigenvalue weighted by molar-refractivity contribution is -0.142. The lowest BCUT2D eigenvalue weighted by atomic mass is 9.94. The number of aromatic amines is 1. The van der Waals surface area contributed by atoms with Crippen LogP contribution < -0.4 is 9.47 Å². The Balaban J connectivity index is 1.45. The molecule has 1 aromatic heterocycles. The van der Waals surface area contributed by atoms with Crippen LogP contribution in [0.4, 0.5) is 0 Å². The van der Waals surface area contributed by atoms with Crippen LogP contribution in [-0.2, 0) is 4.79 Å². The summed E-state index contributed by atoms with van der Waals surface area (Å²) in [6.45, 7) is 3.70. The predicted octanol–water partition coefficient (Wildman–Crippen LogP) is 2.26. The highest BCUT2D eigenvalue weighted by atomic mass is 16.6. The maximum Gasteiger partial charge on any atom is 0.267 e. The monoisotopic (exact) mass is 327 g/mol. The number of carbonyl (C=O) groups is 1. The molecule has 0 unspecified atom stereocenters. The van der Waals surface area contributed by atoms with Crippen LogP contribution in [0.25, 0.3) is 0 Å². The number of carbonyl (C=O) groups excluding carboxylic acids is 1. The van der Waals surface area contributed by atoms with Gasteiger partial charge in [-0.25, -0.2) is 0 Å². The summed E-state index contributed by atoms with van der Waals surface area (Å²) < 4.78 is 11.5. The van der Waals surface area contributed by atoms with E-state index in [9.17, 15) is 4.79 Å². The smallest absolute Gasteiger partial charge is 0.267 e. The third kappa shape index (κ3) is 2.84. The fourth-order valence-corrected chi connectivity index (χ4v) is 3.41. The zero-order chi connectivity index (χ0) is 16.5. The van der Waals surface area contributed by atoms with Gasteiger partial charge >= 0.3 is 0 Å². The number of nitrogens with zero attached hydrogens (tertiary/aromatic N) is 2. The Morgan fingerprint density at radius 2 is 2.17 bits per heavy atom. The number of hydrogen-bond acceptors (Lipinski definition) is 4. The molecule has 126 valence electrons. The molecule has 1 saturated heterocycles. The number of aromatic nitrogens is 2. The largest absolute Gasteiger partial charge is 0.485 e. The highest BCUT2D eigenvalue weighted by Crippen LogP contribution is 2.32. The second-order valence-electron chi connectivity index (χ2n) is 6.46. The average molecular weight is 327 g/mol. The number of aryl methyl sites for hydroxylation is 1. The van der Waals surface area contributed by atoms with Gasteiger partial charge in [-0.3, -0.25) is 9.89 Å². The Kier molecular flexibility index (Phi) is 3.88. The van der Waals surface area contributed by atoms with Gasteiger partial charge in [-0.1, -0.05) is 12.1 Å². The molecule has 0 saturated carbocycles. The molecule has 0 bridgehead atoms. The van der Waals surface area contributed by atoms with Crippen LogP contribution in [-0.4, -0.2) is 46.8 Å². The maximum atomic E-state index is 12.8. The lowest BCUT2D eigenvalue weighted by Gasteiger charge is -2.35. The van der Waals surface area contributed by atoms with Crippen molar-refractivity contribution in [1.82, 2.24) is 15.1 Å². The molecule has 2 aromatic rings. The third-order valence-corrected chi connectivity index (χ3v) is 4.66. The minimum Gasteiger partial charge on any atom is -0.485 e. The minimum atomic E-state index is -0.570. The SMILES string of the molecule is Cc1cc([C@H]2CCCN(C(=O)[C@H]3COc4ccccc4O3)C2)n[nH]1. The van der Waals surface area contributed by atoms with E-state index >= 15 is 0 Å². The summed E-state index contributed by atoms with van der Waals surface area (Å²) in [6, 6.07) is 9.53. The van der Waals surface area contributed by atoms with E-state index < -0.39 is 6.10 Å². The first-order valence-corrected chi connectivity index (χ1v) is 8.40. The van der Waals surface area contributed by atoms with E-state index in [2.05, 4.69) is 16.3 Å². The first kappa shape index (κ1) is 15.1. The normalized spacial score (nSPS) is 23.1. The average Bonchev–Trinajstić information content (AvgIpc) is 3.07. The number of rotatable bonds is 2. The number of hydrogen-bond donors (Lipinski definition) is 1. The highest BCUT2D eigenvalue weighted by Gasteiger charge is 2.34. The van der Waals surface area contributed by atoms with Crippen LogP contribution >= 0.6 is 0 Å². The Labute approximate surface area is 140 Å². The van der Waals surface area contributed by atoms with Crippen molar-refractivity contribution in [3.8, 4) is 11.5 Å². The number of piperidine rings is 1. The molecule has 3 heterocycles. The van der Waals surface area contributed by atoms with Crippen molar-refractivity contribution in [2.45, 2.75) is 31.8 Å². The van der Waals surface area contributed by atoms with Crippen molar-refractivity contribution in [2.75, 3.05) is 19.7 Å². The van der Waals surface area contributed by atoms with E-state index in [1.165, 1.54) is 0 Å². The Morgan fingerprint density at radius 1 is 1.33 bits per heavy atom. The summed E-state index contributed by atoms with van der Waals surface area (Å²) >= 11 is 0. The van der Waals surface area contributed by atoms with E-state index in [0.717, 1.165) is 30.8 Å². The maximum absolute atomic E-state index is 12.8. The number of ether oxygens (including phenoxy) is 2. The number of para-hydroxylation sites is 2. The van der Waals surface area contributed by atoms with Crippen molar-refractivity contribution >= 4 is 5.91 Å². The summed E-state index contributed by atoms with van der Waals surface area (Å²) in [5.41, 5.74) is 2.09. The molecule has 2 aliphatic rings. The highest BCUT2D eigenvalue weighted by molar-refractivity contribution is 5.82. The quantitative estimate of drug-likeness (QED) is 0.919.